The maximum atomic E-state index is 12.1. The van der Waals surface area contributed by atoms with Gasteiger partial charge in [-0.25, -0.2) is 9.97 Å². The fourth-order valence-corrected chi connectivity index (χ4v) is 2.62. The van der Waals surface area contributed by atoms with Crippen LogP contribution in [0.3, 0.4) is 0 Å². The van der Waals surface area contributed by atoms with Gasteiger partial charge in [0.15, 0.2) is 0 Å². The van der Waals surface area contributed by atoms with Crippen LogP contribution in [0.25, 0.3) is 0 Å². The molecular formula is C15H22N4O. The molecule has 2 aliphatic rings. The Hall–Kier alpha value is -1.65. The van der Waals surface area contributed by atoms with E-state index in [4.69, 9.17) is 0 Å². The predicted molar refractivity (Wildman–Crippen MR) is 77.9 cm³/mol. The summed E-state index contributed by atoms with van der Waals surface area (Å²) in [7, 11) is 0. The highest BCUT2D eigenvalue weighted by Gasteiger charge is 2.25. The summed E-state index contributed by atoms with van der Waals surface area (Å²) in [6.07, 6.45) is 7.16. The number of hydrogen-bond donors (Lipinski definition) is 1. The van der Waals surface area contributed by atoms with Crippen LogP contribution in [0, 0.1) is 6.92 Å². The van der Waals surface area contributed by atoms with E-state index in [1.165, 1.54) is 25.7 Å². The third-order valence-electron chi connectivity index (χ3n) is 3.90. The van der Waals surface area contributed by atoms with Gasteiger partial charge >= 0.3 is 0 Å². The zero-order valence-corrected chi connectivity index (χ0v) is 12.1. The van der Waals surface area contributed by atoms with E-state index in [9.17, 15) is 4.79 Å². The maximum absolute atomic E-state index is 12.1. The lowest BCUT2D eigenvalue weighted by Crippen LogP contribution is -2.29. The smallest absolute Gasteiger partial charge is 0.270 e. The second-order valence-electron chi connectivity index (χ2n) is 5.81. The van der Waals surface area contributed by atoms with Gasteiger partial charge in [0.25, 0.3) is 5.91 Å². The molecule has 1 saturated carbocycles. The third kappa shape index (κ3) is 3.26. The molecule has 1 amide bonds. The van der Waals surface area contributed by atoms with Crippen molar-refractivity contribution in [3.8, 4) is 0 Å². The van der Waals surface area contributed by atoms with E-state index in [1.54, 1.807) is 0 Å². The molecule has 1 aliphatic heterocycles. The molecule has 2 fully saturated rings. The van der Waals surface area contributed by atoms with E-state index < -0.39 is 0 Å². The fourth-order valence-electron chi connectivity index (χ4n) is 2.62. The molecule has 1 aliphatic carbocycles. The Morgan fingerprint density at radius 1 is 1.20 bits per heavy atom. The van der Waals surface area contributed by atoms with Crippen LogP contribution >= 0.6 is 0 Å². The van der Waals surface area contributed by atoms with Crippen LogP contribution < -0.4 is 10.2 Å². The highest BCUT2D eigenvalue weighted by Crippen LogP contribution is 2.21. The molecule has 0 aromatic carbocycles. The van der Waals surface area contributed by atoms with Gasteiger partial charge in [-0.2, -0.15) is 0 Å². The summed E-state index contributed by atoms with van der Waals surface area (Å²) >= 11 is 0. The molecule has 5 nitrogen and oxygen atoms in total. The van der Waals surface area contributed by atoms with Gasteiger partial charge in [-0.15, -0.1) is 0 Å². The highest BCUT2D eigenvalue weighted by atomic mass is 16.2. The molecule has 5 heteroatoms. The van der Waals surface area contributed by atoms with Gasteiger partial charge in [-0.1, -0.05) is 12.8 Å². The molecule has 1 saturated heterocycles. The molecule has 3 rings (SSSR count). The number of aryl methyl sites for hydroxylation is 1. The molecule has 0 radical (unpaired) electrons. The van der Waals surface area contributed by atoms with Crippen molar-refractivity contribution in [3.63, 3.8) is 0 Å². The molecule has 20 heavy (non-hydrogen) atoms. The SMILES string of the molecule is Cc1nc(C(=O)NC2CC2)cc(N2CCCCCC2)n1. The van der Waals surface area contributed by atoms with Crippen LogP contribution in [0.2, 0.25) is 0 Å². The lowest BCUT2D eigenvalue weighted by molar-refractivity contribution is 0.0945. The Balaban J connectivity index is 1.79. The molecule has 2 heterocycles. The molecule has 1 N–H and O–H groups in total. The van der Waals surface area contributed by atoms with Crippen LogP contribution in [-0.4, -0.2) is 35.0 Å². The van der Waals surface area contributed by atoms with Gasteiger partial charge in [-0.05, 0) is 32.6 Å². The number of carbonyl (C=O) groups excluding carboxylic acids is 1. The van der Waals surface area contributed by atoms with Crippen LogP contribution in [-0.2, 0) is 0 Å². The number of rotatable bonds is 3. The minimum atomic E-state index is -0.0610. The summed E-state index contributed by atoms with van der Waals surface area (Å²) in [5, 5.41) is 2.99. The van der Waals surface area contributed by atoms with Crippen LogP contribution in [0.5, 0.6) is 0 Å². The number of nitrogens with zero attached hydrogens (tertiary/aromatic N) is 3. The molecule has 0 atom stereocenters. The Kier molecular flexibility index (Phi) is 3.85. The maximum Gasteiger partial charge on any atom is 0.270 e. The van der Waals surface area contributed by atoms with Crippen LogP contribution in [0.4, 0.5) is 5.82 Å². The molecule has 1 aromatic rings. The number of anilines is 1. The van der Waals surface area contributed by atoms with Crippen molar-refractivity contribution < 1.29 is 4.79 Å². The van der Waals surface area contributed by atoms with Crippen molar-refractivity contribution in [2.45, 2.75) is 51.5 Å². The summed E-state index contributed by atoms with van der Waals surface area (Å²) < 4.78 is 0. The third-order valence-corrected chi connectivity index (χ3v) is 3.90. The molecule has 0 spiro atoms. The van der Waals surface area contributed by atoms with Gasteiger partial charge in [0.2, 0.25) is 0 Å². The zero-order valence-electron chi connectivity index (χ0n) is 12.1. The van der Waals surface area contributed by atoms with Gasteiger partial charge in [0.05, 0.1) is 0 Å². The monoisotopic (exact) mass is 274 g/mol. The van der Waals surface area contributed by atoms with E-state index in [-0.39, 0.29) is 5.91 Å². The van der Waals surface area contributed by atoms with Gasteiger partial charge in [0, 0.05) is 25.2 Å². The second-order valence-corrected chi connectivity index (χ2v) is 5.81. The summed E-state index contributed by atoms with van der Waals surface area (Å²) in [5.41, 5.74) is 0.503. The van der Waals surface area contributed by atoms with E-state index in [0.29, 0.717) is 17.6 Å². The van der Waals surface area contributed by atoms with Gasteiger partial charge < -0.3 is 10.2 Å². The van der Waals surface area contributed by atoms with E-state index in [0.717, 1.165) is 31.7 Å². The number of amides is 1. The molecule has 0 unspecified atom stereocenters. The van der Waals surface area contributed by atoms with Crippen LogP contribution in [0.1, 0.15) is 54.8 Å². The first-order valence-electron chi connectivity index (χ1n) is 7.64. The molecule has 1 aromatic heterocycles. The van der Waals surface area contributed by atoms with Crippen molar-refractivity contribution in [1.82, 2.24) is 15.3 Å². The zero-order chi connectivity index (χ0) is 13.9. The average Bonchev–Trinajstić information content (AvgIpc) is 3.24. The first-order valence-corrected chi connectivity index (χ1v) is 7.64. The Morgan fingerprint density at radius 3 is 2.55 bits per heavy atom. The van der Waals surface area contributed by atoms with Crippen LogP contribution in [0.15, 0.2) is 6.07 Å². The molecule has 108 valence electrons. The van der Waals surface area contributed by atoms with Gasteiger partial charge in [0.1, 0.15) is 17.3 Å². The molecule has 0 bridgehead atoms. The minimum absolute atomic E-state index is 0.0610. The van der Waals surface area contributed by atoms with Crippen molar-refractivity contribution in [3.05, 3.63) is 17.6 Å². The number of aromatic nitrogens is 2. The highest BCUT2D eigenvalue weighted by molar-refractivity contribution is 5.93. The standard InChI is InChI=1S/C15H22N4O/c1-11-16-13(15(20)18-12-6-7-12)10-14(17-11)19-8-4-2-3-5-9-19/h10,12H,2-9H2,1H3,(H,18,20). The van der Waals surface area contributed by atoms with E-state index in [2.05, 4.69) is 20.2 Å². The molecular weight excluding hydrogens is 252 g/mol. The normalized spacial score (nSPS) is 19.6. The Labute approximate surface area is 119 Å². The number of hydrogen-bond acceptors (Lipinski definition) is 4. The van der Waals surface area contributed by atoms with Crippen molar-refractivity contribution in [2.75, 3.05) is 18.0 Å². The van der Waals surface area contributed by atoms with E-state index >= 15 is 0 Å². The van der Waals surface area contributed by atoms with Crippen molar-refractivity contribution >= 4 is 11.7 Å². The summed E-state index contributed by atoms with van der Waals surface area (Å²) in [6.45, 7) is 3.91. The summed E-state index contributed by atoms with van der Waals surface area (Å²) in [5.74, 6) is 1.52. The minimum Gasteiger partial charge on any atom is -0.356 e. The number of nitrogens with one attached hydrogen (secondary N) is 1. The Morgan fingerprint density at radius 2 is 1.90 bits per heavy atom. The van der Waals surface area contributed by atoms with Crippen molar-refractivity contribution in [2.24, 2.45) is 0 Å². The fraction of sp³-hybridized carbons (Fsp3) is 0.667. The lowest BCUT2D eigenvalue weighted by atomic mass is 10.2. The largest absolute Gasteiger partial charge is 0.356 e. The Bertz CT molecular complexity index is 491. The quantitative estimate of drug-likeness (QED) is 0.916. The summed E-state index contributed by atoms with van der Waals surface area (Å²) in [4.78, 5) is 23.2. The first kappa shape index (κ1) is 13.3. The second kappa shape index (κ2) is 5.77. The van der Waals surface area contributed by atoms with E-state index in [1.807, 2.05) is 13.0 Å². The first-order chi connectivity index (χ1) is 9.72. The summed E-state index contributed by atoms with van der Waals surface area (Å²) in [6, 6.07) is 2.20. The lowest BCUT2D eigenvalue weighted by Gasteiger charge is -2.22. The topological polar surface area (TPSA) is 58.1 Å². The van der Waals surface area contributed by atoms with Gasteiger partial charge in [-0.3, -0.25) is 4.79 Å². The average molecular weight is 274 g/mol. The number of carbonyl (C=O) groups is 1. The van der Waals surface area contributed by atoms with Crippen molar-refractivity contribution in [1.29, 1.82) is 0 Å². The predicted octanol–water partition coefficient (Wildman–Crippen LogP) is 2.06.